The molecule has 0 bridgehead atoms. The molecule has 5 nitrogen and oxygen atoms in total. The van der Waals surface area contributed by atoms with Crippen LogP contribution in [-0.2, 0) is 6.54 Å². The van der Waals surface area contributed by atoms with E-state index in [-0.39, 0.29) is 5.91 Å². The zero-order chi connectivity index (χ0) is 18.6. The van der Waals surface area contributed by atoms with Crippen LogP contribution in [0.25, 0.3) is 16.3 Å². The van der Waals surface area contributed by atoms with Crippen LogP contribution in [0.3, 0.4) is 0 Å². The lowest BCUT2D eigenvalue weighted by Gasteiger charge is -2.09. The van der Waals surface area contributed by atoms with Crippen molar-refractivity contribution in [1.82, 2.24) is 20.1 Å². The van der Waals surface area contributed by atoms with E-state index in [0.29, 0.717) is 12.2 Å². The highest BCUT2D eigenvalue weighted by atomic mass is 32.1. The maximum atomic E-state index is 12.9. The van der Waals surface area contributed by atoms with Crippen molar-refractivity contribution in [3.05, 3.63) is 89.2 Å². The molecule has 3 aromatic heterocycles. The van der Waals surface area contributed by atoms with Crippen LogP contribution in [-0.4, -0.2) is 20.7 Å². The molecule has 0 radical (unpaired) electrons. The number of thiophene rings is 1. The molecule has 27 heavy (non-hydrogen) atoms. The average molecular weight is 374 g/mol. The first-order chi connectivity index (χ1) is 13.2. The average Bonchev–Trinajstić information content (AvgIpc) is 3.36. The van der Waals surface area contributed by atoms with Gasteiger partial charge in [0.05, 0.1) is 10.6 Å². The summed E-state index contributed by atoms with van der Waals surface area (Å²) in [7, 11) is 0. The second-order valence-corrected chi connectivity index (χ2v) is 7.13. The highest BCUT2D eigenvalue weighted by Crippen LogP contribution is 2.26. The minimum atomic E-state index is -0.171. The number of rotatable bonds is 5. The van der Waals surface area contributed by atoms with Crippen molar-refractivity contribution in [2.24, 2.45) is 0 Å². The normalized spacial score (nSPS) is 10.7. The van der Waals surface area contributed by atoms with Crippen molar-refractivity contribution in [2.45, 2.75) is 13.5 Å². The summed E-state index contributed by atoms with van der Waals surface area (Å²) in [5.41, 5.74) is 4.23. The van der Waals surface area contributed by atoms with Crippen LogP contribution >= 0.6 is 11.3 Å². The summed E-state index contributed by atoms with van der Waals surface area (Å²) < 4.78 is 1.71. The molecule has 0 aliphatic carbocycles. The van der Waals surface area contributed by atoms with E-state index in [0.717, 1.165) is 27.4 Å². The summed E-state index contributed by atoms with van der Waals surface area (Å²) in [4.78, 5) is 18.0. The lowest BCUT2D eigenvalue weighted by Crippen LogP contribution is -2.25. The number of hydrogen-bond donors (Lipinski definition) is 1. The number of hydrogen-bond acceptors (Lipinski definition) is 4. The monoisotopic (exact) mass is 374 g/mol. The minimum Gasteiger partial charge on any atom is -0.347 e. The molecule has 0 unspecified atom stereocenters. The first-order valence-corrected chi connectivity index (χ1v) is 9.47. The van der Waals surface area contributed by atoms with E-state index in [2.05, 4.69) is 10.3 Å². The first kappa shape index (κ1) is 17.2. The van der Waals surface area contributed by atoms with Crippen molar-refractivity contribution >= 4 is 17.2 Å². The van der Waals surface area contributed by atoms with E-state index < -0.39 is 0 Å². The standard InChI is InChI=1S/C21H18N4OS/c1-15-5-2-7-17(11-15)25-19(12-18(24-25)20-8-4-10-27-20)21(26)23-14-16-6-3-9-22-13-16/h2-13H,14H2,1H3,(H,23,26). The van der Waals surface area contributed by atoms with Crippen molar-refractivity contribution in [2.75, 3.05) is 0 Å². The summed E-state index contributed by atoms with van der Waals surface area (Å²) in [6.07, 6.45) is 3.46. The largest absolute Gasteiger partial charge is 0.347 e. The quantitative estimate of drug-likeness (QED) is 0.569. The fourth-order valence-corrected chi connectivity index (χ4v) is 3.50. The fraction of sp³-hybridized carbons (Fsp3) is 0.0952. The molecule has 0 aliphatic rings. The SMILES string of the molecule is Cc1cccc(-n2nc(-c3cccs3)cc2C(=O)NCc2cccnc2)c1. The Bertz CT molecular complexity index is 1060. The number of carbonyl (C=O) groups excluding carboxylic acids is 1. The van der Waals surface area contributed by atoms with Crippen LogP contribution in [0.4, 0.5) is 0 Å². The number of aryl methyl sites for hydroxylation is 1. The number of amides is 1. The van der Waals surface area contributed by atoms with Crippen LogP contribution in [0.5, 0.6) is 0 Å². The van der Waals surface area contributed by atoms with Crippen LogP contribution in [0.1, 0.15) is 21.6 Å². The molecule has 0 fully saturated rings. The summed E-state index contributed by atoms with van der Waals surface area (Å²) >= 11 is 1.60. The Morgan fingerprint density at radius 2 is 2.07 bits per heavy atom. The highest BCUT2D eigenvalue weighted by molar-refractivity contribution is 7.13. The fourth-order valence-electron chi connectivity index (χ4n) is 2.82. The van der Waals surface area contributed by atoms with E-state index in [1.807, 2.05) is 66.9 Å². The number of carbonyl (C=O) groups is 1. The molecule has 1 aromatic carbocycles. The Labute approximate surface area is 161 Å². The highest BCUT2D eigenvalue weighted by Gasteiger charge is 2.18. The zero-order valence-electron chi connectivity index (χ0n) is 14.8. The van der Waals surface area contributed by atoms with E-state index in [4.69, 9.17) is 5.10 Å². The summed E-state index contributed by atoms with van der Waals surface area (Å²) in [6, 6.07) is 17.6. The smallest absolute Gasteiger partial charge is 0.270 e. The second-order valence-electron chi connectivity index (χ2n) is 6.19. The van der Waals surface area contributed by atoms with E-state index in [9.17, 15) is 4.79 Å². The molecule has 6 heteroatoms. The molecule has 0 saturated carbocycles. The molecular weight excluding hydrogens is 356 g/mol. The molecule has 3 heterocycles. The van der Waals surface area contributed by atoms with Gasteiger partial charge in [0.2, 0.25) is 0 Å². The van der Waals surface area contributed by atoms with Gasteiger partial charge in [0, 0.05) is 18.9 Å². The van der Waals surface area contributed by atoms with Crippen molar-refractivity contribution < 1.29 is 4.79 Å². The van der Waals surface area contributed by atoms with Crippen LogP contribution in [0, 0.1) is 6.92 Å². The van der Waals surface area contributed by atoms with Gasteiger partial charge in [-0.25, -0.2) is 4.68 Å². The maximum Gasteiger partial charge on any atom is 0.270 e. The number of nitrogens with one attached hydrogen (secondary N) is 1. The number of nitrogens with zero attached hydrogens (tertiary/aromatic N) is 3. The third-order valence-corrected chi connectivity index (χ3v) is 5.03. The van der Waals surface area contributed by atoms with E-state index >= 15 is 0 Å². The first-order valence-electron chi connectivity index (χ1n) is 8.59. The number of aromatic nitrogens is 3. The second kappa shape index (κ2) is 7.55. The Hall–Kier alpha value is -3.25. The molecule has 0 atom stereocenters. The number of benzene rings is 1. The predicted octanol–water partition coefficient (Wildman–Crippen LogP) is 4.23. The molecule has 4 rings (SSSR count). The zero-order valence-corrected chi connectivity index (χ0v) is 15.6. The molecular formula is C21H18N4OS. The van der Waals surface area contributed by atoms with E-state index in [1.54, 1.807) is 28.4 Å². The van der Waals surface area contributed by atoms with Crippen LogP contribution in [0.15, 0.2) is 72.4 Å². The summed E-state index contributed by atoms with van der Waals surface area (Å²) in [5.74, 6) is -0.171. The topological polar surface area (TPSA) is 59.8 Å². The molecule has 1 amide bonds. The Morgan fingerprint density at radius 3 is 2.81 bits per heavy atom. The molecule has 1 N–H and O–H groups in total. The number of pyridine rings is 1. The predicted molar refractivity (Wildman–Crippen MR) is 107 cm³/mol. The third-order valence-electron chi connectivity index (χ3n) is 4.14. The summed E-state index contributed by atoms with van der Waals surface area (Å²) in [5, 5.41) is 9.66. The molecule has 134 valence electrons. The van der Waals surface area contributed by atoms with Gasteiger partial charge in [-0.3, -0.25) is 9.78 Å². The molecule has 0 saturated heterocycles. The van der Waals surface area contributed by atoms with Gasteiger partial charge < -0.3 is 5.32 Å². The Balaban J connectivity index is 1.68. The third kappa shape index (κ3) is 3.80. The van der Waals surface area contributed by atoms with Gasteiger partial charge in [-0.15, -0.1) is 11.3 Å². The van der Waals surface area contributed by atoms with Crippen molar-refractivity contribution in [3.8, 4) is 16.3 Å². The van der Waals surface area contributed by atoms with Gasteiger partial charge in [0.15, 0.2) is 0 Å². The van der Waals surface area contributed by atoms with Gasteiger partial charge in [-0.1, -0.05) is 24.3 Å². The van der Waals surface area contributed by atoms with Crippen LogP contribution < -0.4 is 5.32 Å². The van der Waals surface area contributed by atoms with Gasteiger partial charge in [0.1, 0.15) is 11.4 Å². The minimum absolute atomic E-state index is 0.171. The van der Waals surface area contributed by atoms with Gasteiger partial charge in [-0.2, -0.15) is 5.10 Å². The van der Waals surface area contributed by atoms with Crippen LogP contribution in [0.2, 0.25) is 0 Å². The Morgan fingerprint density at radius 1 is 1.15 bits per heavy atom. The van der Waals surface area contributed by atoms with Crippen molar-refractivity contribution in [3.63, 3.8) is 0 Å². The molecule has 4 aromatic rings. The molecule has 0 aliphatic heterocycles. The van der Waals surface area contributed by atoms with Gasteiger partial charge in [0.25, 0.3) is 5.91 Å². The van der Waals surface area contributed by atoms with Gasteiger partial charge >= 0.3 is 0 Å². The van der Waals surface area contributed by atoms with Crippen molar-refractivity contribution in [1.29, 1.82) is 0 Å². The summed E-state index contributed by atoms with van der Waals surface area (Å²) in [6.45, 7) is 2.44. The maximum absolute atomic E-state index is 12.9. The molecule has 0 spiro atoms. The lowest BCUT2D eigenvalue weighted by molar-refractivity contribution is 0.0943. The van der Waals surface area contributed by atoms with E-state index in [1.165, 1.54) is 0 Å². The van der Waals surface area contributed by atoms with Gasteiger partial charge in [-0.05, 0) is 53.8 Å². The Kier molecular flexibility index (Phi) is 4.80. The lowest BCUT2D eigenvalue weighted by atomic mass is 10.2.